The molecule has 7 nitrogen and oxygen atoms in total. The summed E-state index contributed by atoms with van der Waals surface area (Å²) in [5, 5.41) is 13.9. The van der Waals surface area contributed by atoms with E-state index in [0.29, 0.717) is 17.4 Å². The molecule has 0 saturated carbocycles. The SMILES string of the molecule is Cc1ccc(NC=C(C=O)c2nc3ccccc3o2)c([N+](=O)[O-])c1. The number of nitrogens with one attached hydrogen (secondary N) is 1. The fourth-order valence-corrected chi connectivity index (χ4v) is 2.21. The first kappa shape index (κ1) is 15.4. The number of allylic oxidation sites excluding steroid dienone is 1. The van der Waals surface area contributed by atoms with Gasteiger partial charge < -0.3 is 9.73 Å². The molecule has 0 bridgehead atoms. The highest BCUT2D eigenvalue weighted by atomic mass is 16.6. The maximum Gasteiger partial charge on any atom is 0.292 e. The molecule has 3 rings (SSSR count). The first-order valence-electron chi connectivity index (χ1n) is 7.11. The Morgan fingerprint density at radius 1 is 1.29 bits per heavy atom. The number of benzene rings is 2. The number of fused-ring (bicyclic) bond motifs is 1. The van der Waals surface area contributed by atoms with Crippen molar-refractivity contribution in [2.24, 2.45) is 0 Å². The molecule has 0 atom stereocenters. The van der Waals surface area contributed by atoms with Crippen molar-refractivity contribution in [1.82, 2.24) is 4.98 Å². The van der Waals surface area contributed by atoms with Gasteiger partial charge in [0.05, 0.1) is 10.5 Å². The minimum absolute atomic E-state index is 0.0749. The molecule has 0 radical (unpaired) electrons. The van der Waals surface area contributed by atoms with Gasteiger partial charge in [-0.3, -0.25) is 14.9 Å². The minimum atomic E-state index is -0.483. The van der Waals surface area contributed by atoms with E-state index < -0.39 is 4.92 Å². The van der Waals surface area contributed by atoms with Crippen molar-refractivity contribution < 1.29 is 14.1 Å². The van der Waals surface area contributed by atoms with Gasteiger partial charge in [-0.15, -0.1) is 0 Å². The third-order valence-electron chi connectivity index (χ3n) is 3.40. The monoisotopic (exact) mass is 323 g/mol. The largest absolute Gasteiger partial charge is 0.436 e. The topological polar surface area (TPSA) is 98.3 Å². The van der Waals surface area contributed by atoms with Crippen molar-refractivity contribution in [1.29, 1.82) is 0 Å². The highest BCUT2D eigenvalue weighted by Gasteiger charge is 2.14. The fourth-order valence-electron chi connectivity index (χ4n) is 2.21. The number of nitro benzene ring substituents is 1. The Bertz CT molecular complexity index is 926. The van der Waals surface area contributed by atoms with E-state index in [1.165, 1.54) is 12.3 Å². The summed E-state index contributed by atoms with van der Waals surface area (Å²) < 4.78 is 5.52. The molecular formula is C17H13N3O4. The maximum atomic E-state index is 11.3. The number of carbonyl (C=O) groups excluding carboxylic acids is 1. The van der Waals surface area contributed by atoms with E-state index in [9.17, 15) is 14.9 Å². The number of hydrogen-bond acceptors (Lipinski definition) is 6. The van der Waals surface area contributed by atoms with E-state index in [4.69, 9.17) is 4.42 Å². The molecule has 0 aliphatic heterocycles. The number of aromatic nitrogens is 1. The Labute approximate surface area is 136 Å². The van der Waals surface area contributed by atoms with Gasteiger partial charge in [0.25, 0.3) is 5.69 Å². The molecule has 0 fully saturated rings. The Morgan fingerprint density at radius 2 is 2.08 bits per heavy atom. The van der Waals surface area contributed by atoms with Gasteiger partial charge in [-0.2, -0.15) is 0 Å². The zero-order valence-corrected chi connectivity index (χ0v) is 12.7. The van der Waals surface area contributed by atoms with Crippen molar-refractivity contribution in [3.05, 3.63) is 70.2 Å². The van der Waals surface area contributed by atoms with E-state index in [-0.39, 0.29) is 22.8 Å². The van der Waals surface area contributed by atoms with Crippen molar-refractivity contribution in [3.8, 4) is 0 Å². The van der Waals surface area contributed by atoms with Crippen LogP contribution in [0.5, 0.6) is 0 Å². The van der Waals surface area contributed by atoms with Gasteiger partial charge in [0, 0.05) is 12.3 Å². The van der Waals surface area contributed by atoms with Crippen LogP contribution >= 0.6 is 0 Å². The second-order valence-corrected chi connectivity index (χ2v) is 5.13. The van der Waals surface area contributed by atoms with E-state index in [2.05, 4.69) is 10.3 Å². The molecule has 0 saturated heterocycles. The number of rotatable bonds is 5. The van der Waals surface area contributed by atoms with Crippen LogP contribution in [0.25, 0.3) is 16.7 Å². The van der Waals surface area contributed by atoms with Gasteiger partial charge in [-0.05, 0) is 30.7 Å². The zero-order valence-electron chi connectivity index (χ0n) is 12.7. The number of carbonyl (C=O) groups is 1. The summed E-state index contributed by atoms with van der Waals surface area (Å²) >= 11 is 0. The maximum absolute atomic E-state index is 11.3. The van der Waals surface area contributed by atoms with Crippen LogP contribution in [0.15, 0.2) is 53.1 Å². The molecule has 3 aromatic rings. The van der Waals surface area contributed by atoms with Crippen LogP contribution in [0.3, 0.4) is 0 Å². The summed E-state index contributed by atoms with van der Waals surface area (Å²) in [7, 11) is 0. The lowest BCUT2D eigenvalue weighted by Crippen LogP contribution is -1.98. The van der Waals surface area contributed by atoms with Gasteiger partial charge in [0.1, 0.15) is 11.2 Å². The number of anilines is 1. The number of nitro groups is 1. The predicted molar refractivity (Wildman–Crippen MR) is 89.5 cm³/mol. The quantitative estimate of drug-likeness (QED) is 0.333. The van der Waals surface area contributed by atoms with Gasteiger partial charge in [0.15, 0.2) is 11.9 Å². The van der Waals surface area contributed by atoms with E-state index >= 15 is 0 Å². The molecule has 0 spiro atoms. The molecule has 120 valence electrons. The summed E-state index contributed by atoms with van der Waals surface area (Å²) in [6.45, 7) is 1.77. The number of oxazole rings is 1. The smallest absolute Gasteiger partial charge is 0.292 e. The van der Waals surface area contributed by atoms with Crippen molar-refractivity contribution in [2.75, 3.05) is 5.32 Å². The van der Waals surface area contributed by atoms with Crippen molar-refractivity contribution >= 4 is 34.3 Å². The molecule has 1 N–H and O–H groups in total. The summed E-state index contributed by atoms with van der Waals surface area (Å²) in [5.41, 5.74) is 2.31. The number of nitrogens with zero attached hydrogens (tertiary/aromatic N) is 2. The zero-order chi connectivity index (χ0) is 17.1. The molecule has 24 heavy (non-hydrogen) atoms. The van der Waals surface area contributed by atoms with Crippen LogP contribution in [-0.2, 0) is 4.79 Å². The Kier molecular flexibility index (Phi) is 4.07. The van der Waals surface area contributed by atoms with Crippen molar-refractivity contribution in [2.45, 2.75) is 6.92 Å². The first-order valence-corrected chi connectivity index (χ1v) is 7.11. The predicted octanol–water partition coefficient (Wildman–Crippen LogP) is 3.70. The van der Waals surface area contributed by atoms with Crippen LogP contribution in [0.2, 0.25) is 0 Å². The lowest BCUT2D eigenvalue weighted by atomic mass is 10.2. The average molecular weight is 323 g/mol. The third kappa shape index (κ3) is 3.00. The number of aldehydes is 1. The lowest BCUT2D eigenvalue weighted by molar-refractivity contribution is -0.384. The Morgan fingerprint density at radius 3 is 2.79 bits per heavy atom. The van der Waals surface area contributed by atoms with Gasteiger partial charge >= 0.3 is 0 Å². The lowest BCUT2D eigenvalue weighted by Gasteiger charge is -2.04. The van der Waals surface area contributed by atoms with E-state index in [1.54, 1.807) is 37.3 Å². The second kappa shape index (κ2) is 6.33. The summed E-state index contributed by atoms with van der Waals surface area (Å²) in [5.74, 6) is 0.147. The van der Waals surface area contributed by atoms with Crippen LogP contribution in [0, 0.1) is 17.0 Å². The van der Waals surface area contributed by atoms with Crippen LogP contribution in [0.1, 0.15) is 11.5 Å². The fraction of sp³-hybridized carbons (Fsp3) is 0.0588. The van der Waals surface area contributed by atoms with Crippen LogP contribution < -0.4 is 5.32 Å². The van der Waals surface area contributed by atoms with Gasteiger partial charge in [-0.25, -0.2) is 4.98 Å². The average Bonchev–Trinajstić information content (AvgIpc) is 3.00. The Balaban J connectivity index is 1.94. The summed E-state index contributed by atoms with van der Waals surface area (Å²) in [6.07, 6.45) is 1.92. The second-order valence-electron chi connectivity index (χ2n) is 5.13. The summed E-state index contributed by atoms with van der Waals surface area (Å²) in [4.78, 5) is 26.2. The highest BCUT2D eigenvalue weighted by Crippen LogP contribution is 2.26. The summed E-state index contributed by atoms with van der Waals surface area (Å²) in [6, 6.07) is 11.9. The molecule has 1 aromatic heterocycles. The first-order chi connectivity index (χ1) is 11.6. The highest BCUT2D eigenvalue weighted by molar-refractivity contribution is 6.06. The molecule has 0 aliphatic carbocycles. The number of para-hydroxylation sites is 2. The Hall–Kier alpha value is -3.48. The molecular weight excluding hydrogens is 310 g/mol. The molecule has 2 aromatic carbocycles. The molecule has 0 unspecified atom stereocenters. The van der Waals surface area contributed by atoms with Gasteiger partial charge in [0.2, 0.25) is 5.89 Å². The number of aryl methyl sites for hydroxylation is 1. The van der Waals surface area contributed by atoms with E-state index in [0.717, 1.165) is 5.56 Å². The molecule has 0 aliphatic rings. The molecule has 7 heteroatoms. The van der Waals surface area contributed by atoms with Crippen LogP contribution in [0.4, 0.5) is 11.4 Å². The normalized spacial score (nSPS) is 11.5. The van der Waals surface area contributed by atoms with Crippen molar-refractivity contribution in [3.63, 3.8) is 0 Å². The van der Waals surface area contributed by atoms with E-state index in [1.807, 2.05) is 6.07 Å². The molecule has 1 heterocycles. The minimum Gasteiger partial charge on any atom is -0.436 e. The third-order valence-corrected chi connectivity index (χ3v) is 3.40. The van der Waals surface area contributed by atoms with Crippen LogP contribution in [-0.4, -0.2) is 16.2 Å². The van der Waals surface area contributed by atoms with Gasteiger partial charge in [-0.1, -0.05) is 18.2 Å². The standard InChI is InChI=1S/C17H13N3O4/c1-11-6-7-13(15(8-11)20(22)23)18-9-12(10-21)17-19-14-4-2-3-5-16(14)24-17/h2-10,18H,1H3. The number of hydrogen-bond donors (Lipinski definition) is 1. The molecule has 0 amide bonds.